The van der Waals surface area contributed by atoms with E-state index in [1.54, 1.807) is 18.4 Å². The van der Waals surface area contributed by atoms with E-state index in [2.05, 4.69) is 5.32 Å². The van der Waals surface area contributed by atoms with Gasteiger partial charge in [-0.3, -0.25) is 0 Å². The molecule has 1 N–H and O–H groups in total. The maximum atomic E-state index is 4.81. The third-order valence-corrected chi connectivity index (χ3v) is 1.74. The monoisotopic (exact) mass is 143 g/mol. The van der Waals surface area contributed by atoms with Crippen LogP contribution in [0, 0.1) is 0 Å². The Labute approximate surface area is 58.5 Å². The highest BCUT2D eigenvalue weighted by molar-refractivity contribution is 7.14. The first-order valence-corrected chi connectivity index (χ1v) is 3.58. The fraction of sp³-hybridized carbons (Fsp3) is 0.333. The number of methoxy groups -OCH3 is 1. The third kappa shape index (κ3) is 2.03. The second-order valence-electron chi connectivity index (χ2n) is 1.59. The Morgan fingerprint density at radius 3 is 3.22 bits per heavy atom. The minimum Gasteiger partial charge on any atom is -0.365 e. The van der Waals surface area contributed by atoms with Crippen molar-refractivity contribution < 1.29 is 4.74 Å². The van der Waals surface area contributed by atoms with Gasteiger partial charge in [-0.2, -0.15) is 0 Å². The molecule has 1 heterocycles. The van der Waals surface area contributed by atoms with E-state index >= 15 is 0 Å². The molecule has 0 fully saturated rings. The van der Waals surface area contributed by atoms with Gasteiger partial charge in [0.2, 0.25) is 0 Å². The molecular formula is C6H9NOS. The quantitative estimate of drug-likeness (QED) is 0.651. The lowest BCUT2D eigenvalue weighted by molar-refractivity contribution is 0.221. The van der Waals surface area contributed by atoms with Crippen molar-refractivity contribution in [3.63, 3.8) is 0 Å². The van der Waals surface area contributed by atoms with Crippen LogP contribution >= 0.6 is 11.3 Å². The van der Waals surface area contributed by atoms with Crippen LogP contribution in [0.25, 0.3) is 0 Å². The summed E-state index contributed by atoms with van der Waals surface area (Å²) in [7, 11) is 1.67. The zero-order valence-electron chi connectivity index (χ0n) is 5.26. The zero-order valence-corrected chi connectivity index (χ0v) is 6.07. The van der Waals surface area contributed by atoms with Crippen molar-refractivity contribution >= 4 is 16.3 Å². The molecule has 9 heavy (non-hydrogen) atoms. The van der Waals surface area contributed by atoms with Crippen molar-refractivity contribution in [3.05, 3.63) is 17.5 Å². The highest BCUT2D eigenvalue weighted by Gasteiger charge is 1.86. The van der Waals surface area contributed by atoms with Crippen molar-refractivity contribution in [1.29, 1.82) is 0 Å². The summed E-state index contributed by atoms with van der Waals surface area (Å²) < 4.78 is 4.81. The summed E-state index contributed by atoms with van der Waals surface area (Å²) in [6, 6.07) is 4.02. The van der Waals surface area contributed by atoms with Crippen molar-refractivity contribution in [1.82, 2.24) is 0 Å². The fourth-order valence-electron chi connectivity index (χ4n) is 0.522. The first-order chi connectivity index (χ1) is 4.43. The van der Waals surface area contributed by atoms with Gasteiger partial charge >= 0.3 is 0 Å². The van der Waals surface area contributed by atoms with Crippen LogP contribution in [0.3, 0.4) is 0 Å². The number of nitrogens with one attached hydrogen (secondary N) is 1. The molecule has 2 nitrogen and oxygen atoms in total. The molecule has 0 aromatic carbocycles. The van der Waals surface area contributed by atoms with Gasteiger partial charge in [-0.05, 0) is 17.5 Å². The minimum atomic E-state index is 0.584. The second kappa shape index (κ2) is 3.48. The van der Waals surface area contributed by atoms with Crippen LogP contribution in [0.1, 0.15) is 0 Å². The van der Waals surface area contributed by atoms with E-state index < -0.39 is 0 Å². The summed E-state index contributed by atoms with van der Waals surface area (Å²) in [5.41, 5.74) is 0. The average molecular weight is 143 g/mol. The van der Waals surface area contributed by atoms with Crippen LogP contribution in [0.4, 0.5) is 5.00 Å². The molecular weight excluding hydrogens is 134 g/mol. The maximum absolute atomic E-state index is 4.81. The second-order valence-corrected chi connectivity index (χ2v) is 2.53. The van der Waals surface area contributed by atoms with E-state index in [4.69, 9.17) is 4.74 Å². The predicted octanol–water partition coefficient (Wildman–Crippen LogP) is 1.76. The van der Waals surface area contributed by atoms with Crippen LogP contribution in [0.5, 0.6) is 0 Å². The molecule has 0 unspecified atom stereocenters. The SMILES string of the molecule is COCNc1cccs1. The molecule has 0 aliphatic rings. The van der Waals surface area contributed by atoms with Crippen LogP contribution in [-0.2, 0) is 4.74 Å². The molecule has 0 saturated carbocycles. The van der Waals surface area contributed by atoms with Gasteiger partial charge in [0, 0.05) is 7.11 Å². The Morgan fingerprint density at radius 1 is 1.78 bits per heavy atom. The summed E-state index contributed by atoms with van der Waals surface area (Å²) in [6.45, 7) is 0.584. The lowest BCUT2D eigenvalue weighted by Gasteiger charge is -1.98. The number of hydrogen-bond donors (Lipinski definition) is 1. The molecule has 50 valence electrons. The molecule has 3 heteroatoms. The number of anilines is 1. The van der Waals surface area contributed by atoms with E-state index in [1.807, 2.05) is 17.5 Å². The number of rotatable bonds is 3. The molecule has 0 spiro atoms. The maximum Gasteiger partial charge on any atom is 0.116 e. The van der Waals surface area contributed by atoms with Gasteiger partial charge in [-0.15, -0.1) is 11.3 Å². The van der Waals surface area contributed by atoms with Crippen molar-refractivity contribution in [2.24, 2.45) is 0 Å². The first kappa shape index (κ1) is 6.58. The van der Waals surface area contributed by atoms with Gasteiger partial charge in [0.1, 0.15) is 6.73 Å². The van der Waals surface area contributed by atoms with E-state index in [0.717, 1.165) is 5.00 Å². The molecule has 1 aromatic heterocycles. The lowest BCUT2D eigenvalue weighted by atomic mass is 10.6. The molecule has 1 rings (SSSR count). The number of thiophene rings is 1. The van der Waals surface area contributed by atoms with Gasteiger partial charge in [0.15, 0.2) is 0 Å². The summed E-state index contributed by atoms with van der Waals surface area (Å²) in [6.07, 6.45) is 0. The molecule has 0 atom stereocenters. The topological polar surface area (TPSA) is 21.3 Å². The minimum absolute atomic E-state index is 0.584. The van der Waals surface area contributed by atoms with E-state index in [1.165, 1.54) is 0 Å². The highest BCUT2D eigenvalue weighted by Crippen LogP contribution is 2.13. The summed E-state index contributed by atoms with van der Waals surface area (Å²) >= 11 is 1.67. The Balaban J connectivity index is 2.30. The molecule has 0 aliphatic carbocycles. The van der Waals surface area contributed by atoms with Gasteiger partial charge in [-0.25, -0.2) is 0 Å². The first-order valence-electron chi connectivity index (χ1n) is 2.70. The lowest BCUT2D eigenvalue weighted by Crippen LogP contribution is -2.00. The summed E-state index contributed by atoms with van der Waals surface area (Å²) in [4.78, 5) is 0. The van der Waals surface area contributed by atoms with Gasteiger partial charge < -0.3 is 10.1 Å². The molecule has 0 bridgehead atoms. The molecule has 0 aliphatic heterocycles. The Kier molecular flexibility index (Phi) is 2.54. The van der Waals surface area contributed by atoms with Crippen molar-refractivity contribution in [2.45, 2.75) is 0 Å². The zero-order chi connectivity index (χ0) is 6.53. The fourth-order valence-corrected chi connectivity index (χ4v) is 1.13. The molecule has 0 radical (unpaired) electrons. The van der Waals surface area contributed by atoms with E-state index in [0.29, 0.717) is 6.73 Å². The van der Waals surface area contributed by atoms with Crippen LogP contribution < -0.4 is 5.32 Å². The normalized spacial score (nSPS) is 9.44. The standard InChI is InChI=1S/C6H9NOS/c1-8-5-7-6-3-2-4-9-6/h2-4,7H,5H2,1H3. The summed E-state index contributed by atoms with van der Waals surface area (Å²) in [5, 5.41) is 6.25. The van der Waals surface area contributed by atoms with E-state index in [9.17, 15) is 0 Å². The molecule has 1 aromatic rings. The summed E-state index contributed by atoms with van der Waals surface area (Å²) in [5.74, 6) is 0. The average Bonchev–Trinajstić information content (AvgIpc) is 2.34. The third-order valence-electron chi connectivity index (χ3n) is 0.912. The van der Waals surface area contributed by atoms with Crippen molar-refractivity contribution in [2.75, 3.05) is 19.2 Å². The Morgan fingerprint density at radius 2 is 2.67 bits per heavy atom. The van der Waals surface area contributed by atoms with Gasteiger partial charge in [0.25, 0.3) is 0 Å². The number of hydrogen-bond acceptors (Lipinski definition) is 3. The Hall–Kier alpha value is -0.540. The van der Waals surface area contributed by atoms with Crippen molar-refractivity contribution in [3.8, 4) is 0 Å². The van der Waals surface area contributed by atoms with Crippen LogP contribution in [0.15, 0.2) is 17.5 Å². The largest absolute Gasteiger partial charge is 0.365 e. The number of ether oxygens (including phenoxy) is 1. The van der Waals surface area contributed by atoms with Crippen LogP contribution in [-0.4, -0.2) is 13.8 Å². The smallest absolute Gasteiger partial charge is 0.116 e. The molecule has 0 amide bonds. The van der Waals surface area contributed by atoms with Gasteiger partial charge in [0.05, 0.1) is 5.00 Å². The van der Waals surface area contributed by atoms with E-state index in [-0.39, 0.29) is 0 Å². The highest BCUT2D eigenvalue weighted by atomic mass is 32.1. The van der Waals surface area contributed by atoms with Crippen LogP contribution in [0.2, 0.25) is 0 Å². The van der Waals surface area contributed by atoms with Gasteiger partial charge in [-0.1, -0.05) is 0 Å². The molecule has 0 saturated heterocycles. The predicted molar refractivity (Wildman–Crippen MR) is 39.8 cm³/mol. The Bertz CT molecular complexity index is 150.